The third kappa shape index (κ3) is 5.40. The number of halogens is 3. The van der Waals surface area contributed by atoms with Crippen molar-refractivity contribution in [3.8, 4) is 0 Å². The highest BCUT2D eigenvalue weighted by Gasteiger charge is 2.43. The van der Waals surface area contributed by atoms with Gasteiger partial charge in [0.15, 0.2) is 5.78 Å². The number of ether oxygens (including phenoxy) is 1. The fourth-order valence-electron chi connectivity index (χ4n) is 3.61. The highest BCUT2D eigenvalue weighted by Crippen LogP contribution is 2.34. The number of aryl methyl sites for hydroxylation is 2. The average Bonchev–Trinajstić information content (AvgIpc) is 2.75. The summed E-state index contributed by atoms with van der Waals surface area (Å²) >= 11 is 0. The molecule has 190 valence electrons. The predicted molar refractivity (Wildman–Crippen MR) is 125 cm³/mol. The van der Waals surface area contributed by atoms with Crippen LogP contribution in [0, 0.1) is 13.8 Å². The van der Waals surface area contributed by atoms with E-state index in [0.717, 1.165) is 11.6 Å². The molecule has 36 heavy (non-hydrogen) atoms. The fraction of sp³-hybridized carbons (Fsp3) is 0.240. The van der Waals surface area contributed by atoms with Gasteiger partial charge in [0.2, 0.25) is 5.76 Å². The number of fused-ring (bicyclic) bond motifs is 1. The van der Waals surface area contributed by atoms with Crippen LogP contribution in [0.4, 0.5) is 13.2 Å². The first-order valence-electron chi connectivity index (χ1n) is 10.6. The first-order valence-corrected chi connectivity index (χ1v) is 12.1. The van der Waals surface area contributed by atoms with Crippen LogP contribution in [0.2, 0.25) is 0 Å². The number of ketones is 1. The number of Topliss-reactive ketones (excluding diaryl/α,β-unsaturated/α-hetero) is 1. The second-order valence-electron chi connectivity index (χ2n) is 8.33. The van der Waals surface area contributed by atoms with E-state index in [-0.39, 0.29) is 21.7 Å². The monoisotopic (exact) mass is 521 g/mol. The number of carbonyl (C=O) groups excluding carboxylic acids is 2. The van der Waals surface area contributed by atoms with Crippen LogP contribution in [-0.2, 0) is 19.6 Å². The third-order valence-corrected chi connectivity index (χ3v) is 6.57. The Labute approximate surface area is 205 Å². The zero-order chi connectivity index (χ0) is 27.0. The van der Waals surface area contributed by atoms with Gasteiger partial charge in [-0.25, -0.2) is 4.79 Å². The first-order chi connectivity index (χ1) is 16.6. The summed E-state index contributed by atoms with van der Waals surface area (Å²) in [4.78, 5) is 25.6. The summed E-state index contributed by atoms with van der Waals surface area (Å²) in [5, 5.41) is 9.91. The van der Waals surface area contributed by atoms with Gasteiger partial charge in [-0.15, -0.1) is 0 Å². The van der Waals surface area contributed by atoms with E-state index in [9.17, 15) is 36.3 Å². The Kier molecular flexibility index (Phi) is 7.26. The molecule has 0 aliphatic heterocycles. The van der Waals surface area contributed by atoms with Crippen LogP contribution in [-0.4, -0.2) is 43.3 Å². The van der Waals surface area contributed by atoms with Crippen LogP contribution >= 0.6 is 0 Å². The van der Waals surface area contributed by atoms with Gasteiger partial charge >= 0.3 is 12.1 Å². The highest BCUT2D eigenvalue weighted by molar-refractivity contribution is 7.90. The lowest BCUT2D eigenvalue weighted by Gasteiger charge is -2.21. The van der Waals surface area contributed by atoms with Gasteiger partial charge in [-0.3, -0.25) is 4.79 Å². The molecule has 0 saturated heterocycles. The van der Waals surface area contributed by atoms with Crippen molar-refractivity contribution in [2.75, 3.05) is 0 Å². The van der Waals surface area contributed by atoms with E-state index < -0.39 is 51.0 Å². The topological polar surface area (TPSA) is 110 Å². The molecule has 1 aliphatic rings. The van der Waals surface area contributed by atoms with Crippen molar-refractivity contribution in [2.24, 2.45) is 4.40 Å². The van der Waals surface area contributed by atoms with E-state index in [1.807, 2.05) is 0 Å². The Morgan fingerprint density at radius 3 is 2.22 bits per heavy atom. The Balaban J connectivity index is 2.33. The molecular weight excluding hydrogens is 499 g/mol. The van der Waals surface area contributed by atoms with Gasteiger partial charge in [0.05, 0.1) is 16.7 Å². The summed E-state index contributed by atoms with van der Waals surface area (Å²) < 4.78 is 75.3. The molecule has 1 aliphatic carbocycles. The van der Waals surface area contributed by atoms with Crippen LogP contribution in [0.25, 0.3) is 0 Å². The Hall–Kier alpha value is -3.73. The van der Waals surface area contributed by atoms with Gasteiger partial charge in [-0.05, 0) is 45.4 Å². The summed E-state index contributed by atoms with van der Waals surface area (Å²) in [6, 6.07) is 10.0. The van der Waals surface area contributed by atoms with Crippen molar-refractivity contribution in [3.05, 3.63) is 87.7 Å². The first kappa shape index (κ1) is 26.9. The SMILES string of the molecule is Cc1ccc(S(=O)(=O)N=C2C=C(C(C(=O)OC(C)C)=C(O)C(F)(F)F)C(=O)c3ccccc32)c(C)c1. The Bertz CT molecular complexity index is 1450. The van der Waals surface area contributed by atoms with Gasteiger partial charge in [0, 0.05) is 16.7 Å². The molecule has 2 aromatic carbocycles. The molecule has 0 aromatic heterocycles. The predicted octanol–water partition coefficient (Wildman–Crippen LogP) is 4.93. The molecule has 11 heteroatoms. The molecule has 0 amide bonds. The number of allylic oxidation sites excluding steroid dienone is 2. The maximum absolute atomic E-state index is 13.5. The molecule has 0 spiro atoms. The van der Waals surface area contributed by atoms with Gasteiger partial charge in [-0.1, -0.05) is 42.0 Å². The van der Waals surface area contributed by atoms with Crippen LogP contribution in [0.15, 0.2) is 74.7 Å². The lowest BCUT2D eigenvalue weighted by atomic mass is 9.85. The summed E-state index contributed by atoms with van der Waals surface area (Å²) in [6.07, 6.45) is -5.53. The number of nitrogens with zero attached hydrogens (tertiary/aromatic N) is 1. The number of rotatable bonds is 5. The second kappa shape index (κ2) is 9.73. The van der Waals surface area contributed by atoms with E-state index in [2.05, 4.69) is 4.40 Å². The van der Waals surface area contributed by atoms with E-state index in [4.69, 9.17) is 4.74 Å². The number of hydrogen-bond donors (Lipinski definition) is 1. The minimum atomic E-state index is -5.40. The molecule has 0 unspecified atom stereocenters. The van der Waals surface area contributed by atoms with Crippen LogP contribution in [0.1, 0.15) is 40.9 Å². The van der Waals surface area contributed by atoms with Crippen LogP contribution in [0.3, 0.4) is 0 Å². The van der Waals surface area contributed by atoms with Crippen molar-refractivity contribution in [1.82, 2.24) is 0 Å². The van der Waals surface area contributed by atoms with E-state index >= 15 is 0 Å². The molecule has 0 radical (unpaired) electrons. The highest BCUT2D eigenvalue weighted by atomic mass is 32.2. The maximum atomic E-state index is 13.5. The number of sulfonamides is 1. The average molecular weight is 522 g/mol. The van der Waals surface area contributed by atoms with E-state index in [1.54, 1.807) is 26.0 Å². The second-order valence-corrected chi connectivity index (χ2v) is 9.90. The number of aliphatic hydroxyl groups excluding tert-OH is 1. The molecule has 0 heterocycles. The molecule has 0 saturated carbocycles. The Morgan fingerprint density at radius 1 is 1.06 bits per heavy atom. The van der Waals surface area contributed by atoms with Gasteiger partial charge in [0.25, 0.3) is 10.0 Å². The molecule has 2 aromatic rings. The number of esters is 1. The summed E-state index contributed by atoms with van der Waals surface area (Å²) in [5.41, 5.74) is -1.70. The third-order valence-electron chi connectivity index (χ3n) is 5.12. The van der Waals surface area contributed by atoms with Crippen molar-refractivity contribution in [2.45, 2.75) is 44.9 Å². The molecule has 0 atom stereocenters. The standard InChI is InChI=1S/C25H22F3NO6S/c1-13(2)35-24(32)21(23(31)25(26,27)28)18-12-19(16-7-5-6-8-17(16)22(18)30)29-36(33,34)20-10-9-14(3)11-15(20)4/h5-13,31H,1-4H3. The molecule has 7 nitrogen and oxygen atoms in total. The molecule has 0 bridgehead atoms. The van der Waals surface area contributed by atoms with Crippen molar-refractivity contribution in [1.29, 1.82) is 0 Å². The van der Waals surface area contributed by atoms with Crippen LogP contribution < -0.4 is 0 Å². The minimum absolute atomic E-state index is 0.0302. The van der Waals surface area contributed by atoms with Crippen LogP contribution in [0.5, 0.6) is 0 Å². The molecular formula is C25H22F3NO6S. The minimum Gasteiger partial charge on any atom is -0.504 e. The number of aliphatic hydroxyl groups is 1. The number of hydrogen-bond acceptors (Lipinski definition) is 6. The largest absolute Gasteiger partial charge is 0.504 e. The van der Waals surface area contributed by atoms with E-state index in [0.29, 0.717) is 5.56 Å². The summed E-state index contributed by atoms with van der Waals surface area (Å²) in [6.45, 7) is 6.07. The van der Waals surface area contributed by atoms with Gasteiger partial charge in [-0.2, -0.15) is 26.0 Å². The van der Waals surface area contributed by atoms with Crippen molar-refractivity contribution >= 4 is 27.5 Å². The smallest absolute Gasteiger partial charge is 0.449 e. The number of carbonyl (C=O) groups is 2. The quantitative estimate of drug-likeness (QED) is 0.339. The zero-order valence-corrected chi connectivity index (χ0v) is 20.5. The summed E-state index contributed by atoms with van der Waals surface area (Å²) in [5.74, 6) is -4.99. The summed E-state index contributed by atoms with van der Waals surface area (Å²) in [7, 11) is -4.39. The normalized spacial score (nSPS) is 15.9. The molecule has 1 N–H and O–H groups in total. The number of benzene rings is 2. The van der Waals surface area contributed by atoms with Crippen molar-refractivity contribution in [3.63, 3.8) is 0 Å². The Morgan fingerprint density at radius 2 is 1.67 bits per heavy atom. The maximum Gasteiger partial charge on any atom is 0.449 e. The lowest BCUT2D eigenvalue weighted by Crippen LogP contribution is -2.28. The lowest BCUT2D eigenvalue weighted by molar-refractivity contribution is -0.146. The van der Waals surface area contributed by atoms with Crippen molar-refractivity contribution < 1.29 is 41.0 Å². The fourth-order valence-corrected chi connectivity index (χ4v) is 4.82. The molecule has 3 rings (SSSR count). The van der Waals surface area contributed by atoms with Gasteiger partial charge < -0.3 is 9.84 Å². The van der Waals surface area contributed by atoms with E-state index in [1.165, 1.54) is 44.2 Å². The zero-order valence-electron chi connectivity index (χ0n) is 19.7. The van der Waals surface area contributed by atoms with Gasteiger partial charge in [0.1, 0.15) is 5.57 Å². The molecule has 0 fully saturated rings. The number of alkyl halides is 3.